The van der Waals surface area contributed by atoms with Gasteiger partial charge in [0, 0.05) is 30.7 Å². The number of carbonyl (C=O) groups is 3. The van der Waals surface area contributed by atoms with Gasteiger partial charge in [0.05, 0.1) is 25.9 Å². The maximum absolute atomic E-state index is 12.6. The molecule has 6 heterocycles. The number of aryl methyl sites for hydroxylation is 1. The number of hydrogen-bond donors (Lipinski definition) is 11. The van der Waals surface area contributed by atoms with E-state index in [1.807, 2.05) is 12.1 Å². The molecule has 8 rings (SSSR count). The van der Waals surface area contributed by atoms with E-state index < -0.39 is 84.6 Å². The maximum Gasteiger partial charge on any atom is 0.481 e. The zero-order chi connectivity index (χ0) is 57.5. The van der Waals surface area contributed by atoms with Gasteiger partial charge in [-0.15, -0.1) is 0 Å². The lowest BCUT2D eigenvalue weighted by Crippen LogP contribution is -2.46. The van der Waals surface area contributed by atoms with Crippen molar-refractivity contribution < 1.29 is 85.2 Å². The minimum Gasteiger partial charge on any atom is -0.485 e. The lowest BCUT2D eigenvalue weighted by Gasteiger charge is -2.30. The van der Waals surface area contributed by atoms with Crippen molar-refractivity contribution in [2.24, 2.45) is 5.41 Å². The molecule has 2 aliphatic rings. The number of phosphoric acid groups is 3. The van der Waals surface area contributed by atoms with Crippen LogP contribution < -0.4 is 26.8 Å². The molecule has 8 atom stereocenters. The summed E-state index contributed by atoms with van der Waals surface area (Å²) in [5.41, 5.74) is 13.6. The number of nitrogen functional groups attached to an aromatic ring is 2. The van der Waals surface area contributed by atoms with E-state index in [-0.39, 0.29) is 47.7 Å². The number of phosphoric ester groups is 3. The van der Waals surface area contributed by atoms with E-state index in [0.717, 1.165) is 47.6 Å². The first kappa shape index (κ1) is 62.1. The normalized spacial score (nSPS) is 20.1. The average molecular weight is 1180 g/mol. The molecule has 34 heteroatoms. The number of benzene rings is 2. The highest BCUT2D eigenvalue weighted by atomic mass is 32.2. The van der Waals surface area contributed by atoms with Crippen LogP contribution in [-0.2, 0) is 57.1 Å². The quantitative estimate of drug-likeness (QED) is 0.0280. The number of fused-ring (bicyclic) bond motifs is 3. The average Bonchev–Trinajstić information content (AvgIpc) is 4.16. The highest BCUT2D eigenvalue weighted by Gasteiger charge is 2.50. The largest absolute Gasteiger partial charge is 0.485 e. The summed E-state index contributed by atoms with van der Waals surface area (Å²) in [6.45, 7) is 2.17. The Morgan fingerprint density at radius 3 is 2.30 bits per heavy atom. The SMILES string of the molecule is CC=CC(=O)SCCNC(=O)CCNC(=O)C(O)C(C)(C)COP(=O)(O)OP(=O)(O)OC[C@H]1O[C@@H](n2cnc3c(N)ncnc32)[C@H](O)[C@@H]1OP(=O)(O)O.Nc1ncnc2[nH]cnc12.c1ccc(C2CCc3ccccc3O2)cc1. The van der Waals surface area contributed by atoms with Crippen molar-refractivity contribution in [3.63, 3.8) is 0 Å². The molecule has 1 fully saturated rings. The highest BCUT2D eigenvalue weighted by molar-refractivity contribution is 8.14. The van der Waals surface area contributed by atoms with Crippen molar-refractivity contribution in [1.29, 1.82) is 0 Å². The molecule has 30 nitrogen and oxygen atoms in total. The van der Waals surface area contributed by atoms with Gasteiger partial charge >= 0.3 is 23.5 Å². The first-order valence-electron chi connectivity index (χ1n) is 23.7. The second-order valence-electron chi connectivity index (χ2n) is 17.8. The number of anilines is 2. The number of thioether (sulfide) groups is 1. The number of aromatic nitrogens is 8. The fraction of sp³-hybridized carbons (Fsp3) is 0.400. The molecular formula is C45H59N12O18P3S. The maximum atomic E-state index is 12.6. The number of allylic oxidation sites excluding steroid dienone is 1. The Labute approximate surface area is 454 Å². The third-order valence-corrected chi connectivity index (χ3v) is 15.3. The fourth-order valence-electron chi connectivity index (χ4n) is 7.48. The summed E-state index contributed by atoms with van der Waals surface area (Å²) in [7, 11) is -16.4. The Morgan fingerprint density at radius 1 is 0.911 bits per heavy atom. The van der Waals surface area contributed by atoms with E-state index in [1.165, 1.54) is 43.7 Å². The molecule has 0 saturated carbocycles. The number of aliphatic hydroxyl groups is 2. The standard InChI is InChI=1S/C25H40N7O17P3S.C15H14O.C5H5N5/c1-4-5-16(34)53-9-8-27-15(33)6-7-28-23(37)20(36)25(2,3)11-46-52(43,44)49-51(41,42)45-10-14-19(48-50(38,39)40)18(35)24(47-14)32-13-31-17-21(26)29-12-30-22(17)32;1-2-6-12(7-3-1)15-11-10-13-8-4-5-9-14(13)16-15;6-4-3-5(9-1-7-3)10-2-8-4/h4-5,12-14,18-20,24,35-36H,6-11H2,1-3H3,(H,27,33)(H,28,37)(H,41,42)(H,43,44)(H2,26,29,30)(H2,38,39,40);1-9,15H,10-11H2;1-2H,(H3,6,7,8,9,10)/t14-,18-,19-,20?,24-;;/m1../s1. The van der Waals surface area contributed by atoms with E-state index in [9.17, 15) is 57.9 Å². The van der Waals surface area contributed by atoms with Crippen LogP contribution in [0.4, 0.5) is 11.6 Å². The van der Waals surface area contributed by atoms with Gasteiger partial charge in [-0.2, -0.15) is 4.31 Å². The van der Waals surface area contributed by atoms with E-state index in [4.69, 9.17) is 30.0 Å². The number of imidazole rings is 2. The number of amides is 2. The minimum atomic E-state index is -5.56. The van der Waals surface area contributed by atoms with Crippen LogP contribution in [0, 0.1) is 5.41 Å². The topological polar surface area (TPSA) is 453 Å². The Kier molecular flexibility index (Phi) is 21.9. The summed E-state index contributed by atoms with van der Waals surface area (Å²) >= 11 is 1.01. The van der Waals surface area contributed by atoms with Gasteiger partial charge in [0.2, 0.25) is 16.9 Å². The molecule has 79 heavy (non-hydrogen) atoms. The van der Waals surface area contributed by atoms with E-state index >= 15 is 0 Å². The van der Waals surface area contributed by atoms with Gasteiger partial charge in [0.15, 0.2) is 29.2 Å². The molecule has 13 N–H and O–H groups in total. The molecule has 4 unspecified atom stereocenters. The number of para-hydroxylation sites is 1. The second-order valence-corrected chi connectivity index (χ2v) is 23.1. The zero-order valence-corrected chi connectivity index (χ0v) is 45.9. The molecule has 4 aromatic heterocycles. The van der Waals surface area contributed by atoms with E-state index in [0.29, 0.717) is 22.7 Å². The van der Waals surface area contributed by atoms with Crippen LogP contribution in [0.15, 0.2) is 92.1 Å². The van der Waals surface area contributed by atoms with Crippen LogP contribution in [-0.4, -0.2) is 143 Å². The molecule has 0 radical (unpaired) electrons. The summed E-state index contributed by atoms with van der Waals surface area (Å²) in [5.74, 6) is 0.319. The van der Waals surface area contributed by atoms with Crippen LogP contribution in [0.25, 0.3) is 22.3 Å². The first-order chi connectivity index (χ1) is 37.4. The van der Waals surface area contributed by atoms with Crippen molar-refractivity contribution in [3.05, 3.63) is 103 Å². The zero-order valence-electron chi connectivity index (χ0n) is 42.4. The van der Waals surface area contributed by atoms with Gasteiger partial charge in [0.25, 0.3) is 0 Å². The van der Waals surface area contributed by atoms with Crippen molar-refractivity contribution in [3.8, 4) is 5.75 Å². The molecule has 428 valence electrons. The monoisotopic (exact) mass is 1180 g/mol. The van der Waals surface area contributed by atoms with Crippen LogP contribution in [0.5, 0.6) is 5.75 Å². The number of H-pyrrole nitrogens is 1. The van der Waals surface area contributed by atoms with Gasteiger partial charge < -0.3 is 66.3 Å². The van der Waals surface area contributed by atoms with Crippen LogP contribution in [0.2, 0.25) is 0 Å². The number of rotatable bonds is 21. The first-order valence-corrected chi connectivity index (χ1v) is 29.2. The van der Waals surface area contributed by atoms with E-state index in [2.05, 4.69) is 96.8 Å². The Balaban J connectivity index is 0.000000307. The third kappa shape index (κ3) is 18.2. The van der Waals surface area contributed by atoms with E-state index in [1.54, 1.807) is 13.0 Å². The molecular weight excluding hydrogens is 1120 g/mol. The Morgan fingerprint density at radius 2 is 1.59 bits per heavy atom. The second kappa shape index (κ2) is 27.9. The lowest BCUT2D eigenvalue weighted by molar-refractivity contribution is -0.137. The fourth-order valence-corrected chi connectivity index (χ4v) is 10.9. The molecule has 2 aromatic carbocycles. The van der Waals surface area contributed by atoms with Crippen LogP contribution in [0.1, 0.15) is 57.1 Å². The molecule has 0 aliphatic carbocycles. The summed E-state index contributed by atoms with van der Waals surface area (Å²) in [5, 5.41) is 26.1. The van der Waals surface area contributed by atoms with Crippen molar-refractivity contribution >= 4 is 86.1 Å². The lowest BCUT2D eigenvalue weighted by atomic mass is 9.87. The number of nitrogens with one attached hydrogen (secondary N) is 3. The minimum absolute atomic E-state index is 0.0300. The molecule has 0 bridgehead atoms. The number of aromatic amines is 1. The molecule has 1 saturated heterocycles. The van der Waals surface area contributed by atoms with Gasteiger partial charge in [-0.05, 0) is 43.0 Å². The summed E-state index contributed by atoms with van der Waals surface area (Å²) in [6, 6.07) is 18.8. The number of nitrogens with zero attached hydrogens (tertiary/aromatic N) is 7. The smallest absolute Gasteiger partial charge is 0.481 e. The van der Waals surface area contributed by atoms with Gasteiger partial charge in [0.1, 0.15) is 60.0 Å². The Bertz CT molecular complexity index is 3210. The molecule has 2 amide bonds. The van der Waals surface area contributed by atoms with Crippen LogP contribution >= 0.6 is 35.2 Å². The molecule has 2 aliphatic heterocycles. The third-order valence-electron chi connectivity index (χ3n) is 11.4. The van der Waals surface area contributed by atoms with Crippen molar-refractivity contribution in [2.75, 3.05) is 43.5 Å². The van der Waals surface area contributed by atoms with Gasteiger partial charge in [-0.1, -0.05) is 80.2 Å². The number of ether oxygens (including phenoxy) is 2. The molecule has 6 aromatic rings. The highest BCUT2D eigenvalue weighted by Crippen LogP contribution is 2.61. The number of carbonyl (C=O) groups excluding carboxylic acids is 3. The van der Waals surface area contributed by atoms with Crippen molar-refractivity contribution in [1.82, 2.24) is 50.1 Å². The summed E-state index contributed by atoms with van der Waals surface area (Å²) in [6.07, 6.45) is 1.39. The number of hydrogen-bond acceptors (Lipinski definition) is 23. The van der Waals surface area contributed by atoms with Crippen LogP contribution in [0.3, 0.4) is 0 Å². The summed E-state index contributed by atoms with van der Waals surface area (Å²) in [4.78, 5) is 101. The number of aliphatic hydroxyl groups excluding tert-OH is 2. The van der Waals surface area contributed by atoms with Crippen molar-refractivity contribution in [2.45, 2.75) is 76.8 Å². The number of nitrogens with two attached hydrogens (primary N) is 2. The Hall–Kier alpha value is -6.11. The predicted octanol–water partition coefficient (Wildman–Crippen LogP) is 2.93. The predicted molar refractivity (Wildman–Crippen MR) is 283 cm³/mol. The summed E-state index contributed by atoms with van der Waals surface area (Å²) < 4.78 is 67.9. The van der Waals surface area contributed by atoms with Gasteiger partial charge in [-0.25, -0.2) is 43.6 Å². The molecule has 0 spiro atoms. The van der Waals surface area contributed by atoms with Gasteiger partial charge in [-0.3, -0.25) is 32.5 Å².